The lowest BCUT2D eigenvalue weighted by Gasteiger charge is -2.08. The minimum Gasteiger partial charge on any atom is -0.481 e. The molecule has 88 valence electrons. The first-order chi connectivity index (χ1) is 8.22. The highest BCUT2D eigenvalue weighted by molar-refractivity contribution is 5.75. The quantitative estimate of drug-likeness (QED) is 0.844. The molecule has 0 amide bonds. The van der Waals surface area contributed by atoms with Crippen molar-refractivity contribution >= 4 is 5.97 Å². The van der Waals surface area contributed by atoms with Crippen LogP contribution in [0.3, 0.4) is 0 Å². The Hall–Kier alpha value is -2.17. The summed E-state index contributed by atoms with van der Waals surface area (Å²) < 4.78 is 0. The smallest absolute Gasteiger partial charge is 0.314 e. The monoisotopic (exact) mass is 231 g/mol. The number of nitrogens with one attached hydrogen (secondary N) is 1. The molecule has 0 spiro atoms. The molecule has 0 bridgehead atoms. The molecule has 0 saturated heterocycles. The predicted octanol–water partition coefficient (Wildman–Crippen LogP) is 2.05. The minimum atomic E-state index is -0.892. The largest absolute Gasteiger partial charge is 0.481 e. The SMILES string of the molecule is CCC(C(=O)O)c1nccc(-c2ccc[nH]2)n1. The predicted molar refractivity (Wildman–Crippen MR) is 62.5 cm³/mol. The van der Waals surface area contributed by atoms with Gasteiger partial charge in [0.25, 0.3) is 0 Å². The Kier molecular flexibility index (Phi) is 3.18. The van der Waals surface area contributed by atoms with Crippen molar-refractivity contribution in [1.29, 1.82) is 0 Å². The molecule has 17 heavy (non-hydrogen) atoms. The van der Waals surface area contributed by atoms with E-state index < -0.39 is 11.9 Å². The maximum Gasteiger partial charge on any atom is 0.314 e. The molecule has 1 unspecified atom stereocenters. The van der Waals surface area contributed by atoms with Crippen molar-refractivity contribution in [2.24, 2.45) is 0 Å². The van der Waals surface area contributed by atoms with Crippen LogP contribution in [0.4, 0.5) is 0 Å². The Balaban J connectivity index is 2.37. The number of rotatable bonds is 4. The molecule has 2 heterocycles. The average molecular weight is 231 g/mol. The number of carboxylic acid groups (broad SMARTS) is 1. The second-order valence-corrected chi connectivity index (χ2v) is 3.68. The van der Waals surface area contributed by atoms with Crippen LogP contribution in [0.15, 0.2) is 30.6 Å². The summed E-state index contributed by atoms with van der Waals surface area (Å²) in [5.41, 5.74) is 1.56. The standard InChI is InChI=1S/C12H13N3O2/c1-2-8(12(16)17)11-14-7-5-10(15-11)9-4-3-6-13-9/h3-8,13H,2H2,1H3,(H,16,17). The summed E-state index contributed by atoms with van der Waals surface area (Å²) in [5.74, 6) is -1.19. The van der Waals surface area contributed by atoms with E-state index in [0.29, 0.717) is 17.9 Å². The van der Waals surface area contributed by atoms with Crippen LogP contribution in [-0.4, -0.2) is 26.0 Å². The van der Waals surface area contributed by atoms with Crippen LogP contribution in [0.25, 0.3) is 11.4 Å². The summed E-state index contributed by atoms with van der Waals surface area (Å²) >= 11 is 0. The zero-order chi connectivity index (χ0) is 12.3. The summed E-state index contributed by atoms with van der Waals surface area (Å²) in [5, 5.41) is 9.06. The van der Waals surface area contributed by atoms with Gasteiger partial charge < -0.3 is 10.1 Å². The van der Waals surface area contributed by atoms with Crippen LogP contribution in [0, 0.1) is 0 Å². The van der Waals surface area contributed by atoms with Crippen LogP contribution >= 0.6 is 0 Å². The van der Waals surface area contributed by atoms with Gasteiger partial charge in [0.05, 0.1) is 11.4 Å². The minimum absolute atomic E-state index is 0.354. The Morgan fingerprint density at radius 2 is 2.35 bits per heavy atom. The summed E-state index contributed by atoms with van der Waals surface area (Å²) in [4.78, 5) is 22.4. The third kappa shape index (κ3) is 2.33. The van der Waals surface area contributed by atoms with Crippen molar-refractivity contribution in [1.82, 2.24) is 15.0 Å². The molecular weight excluding hydrogens is 218 g/mol. The molecular formula is C12H13N3O2. The summed E-state index contributed by atoms with van der Waals surface area (Å²) in [7, 11) is 0. The van der Waals surface area contributed by atoms with E-state index in [1.54, 1.807) is 18.5 Å². The van der Waals surface area contributed by atoms with Gasteiger partial charge in [-0.1, -0.05) is 6.92 Å². The molecule has 0 fully saturated rings. The topological polar surface area (TPSA) is 78.9 Å². The fourth-order valence-corrected chi connectivity index (χ4v) is 1.65. The molecule has 1 atom stereocenters. The Morgan fingerprint density at radius 3 is 2.94 bits per heavy atom. The molecule has 2 rings (SSSR count). The molecule has 0 aliphatic rings. The van der Waals surface area contributed by atoms with Gasteiger partial charge in [0.1, 0.15) is 11.7 Å². The van der Waals surface area contributed by atoms with E-state index in [2.05, 4.69) is 15.0 Å². The van der Waals surface area contributed by atoms with E-state index in [1.807, 2.05) is 19.1 Å². The van der Waals surface area contributed by atoms with Crippen LogP contribution < -0.4 is 0 Å². The number of aromatic amines is 1. The van der Waals surface area contributed by atoms with Crippen LogP contribution in [0.2, 0.25) is 0 Å². The maximum absolute atomic E-state index is 11.0. The molecule has 2 N–H and O–H groups in total. The fourth-order valence-electron chi connectivity index (χ4n) is 1.65. The van der Waals surface area contributed by atoms with Crippen molar-refractivity contribution in [2.45, 2.75) is 19.3 Å². The first-order valence-electron chi connectivity index (χ1n) is 5.42. The molecule has 2 aromatic rings. The lowest BCUT2D eigenvalue weighted by atomic mass is 10.1. The molecule has 0 radical (unpaired) electrons. The second kappa shape index (κ2) is 4.78. The van der Waals surface area contributed by atoms with Gasteiger partial charge in [-0.3, -0.25) is 4.79 Å². The second-order valence-electron chi connectivity index (χ2n) is 3.68. The number of carboxylic acids is 1. The van der Waals surface area contributed by atoms with Gasteiger partial charge in [0.15, 0.2) is 0 Å². The lowest BCUT2D eigenvalue weighted by Crippen LogP contribution is -2.14. The van der Waals surface area contributed by atoms with Gasteiger partial charge in [-0.25, -0.2) is 9.97 Å². The van der Waals surface area contributed by atoms with E-state index >= 15 is 0 Å². The van der Waals surface area contributed by atoms with E-state index in [-0.39, 0.29) is 0 Å². The molecule has 2 aromatic heterocycles. The fraction of sp³-hybridized carbons (Fsp3) is 0.250. The first kappa shape index (κ1) is 11.3. The maximum atomic E-state index is 11.0. The van der Waals surface area contributed by atoms with Crippen molar-refractivity contribution in [2.75, 3.05) is 0 Å². The number of aliphatic carboxylic acids is 1. The molecule has 5 heteroatoms. The van der Waals surface area contributed by atoms with E-state index in [4.69, 9.17) is 5.11 Å². The van der Waals surface area contributed by atoms with Gasteiger partial charge in [0, 0.05) is 12.4 Å². The molecule has 0 aliphatic carbocycles. The molecule has 0 aromatic carbocycles. The van der Waals surface area contributed by atoms with Crippen molar-refractivity contribution in [3.63, 3.8) is 0 Å². The zero-order valence-corrected chi connectivity index (χ0v) is 9.42. The molecule has 0 saturated carbocycles. The van der Waals surface area contributed by atoms with Crippen LogP contribution in [0.1, 0.15) is 25.1 Å². The van der Waals surface area contributed by atoms with Crippen LogP contribution in [0.5, 0.6) is 0 Å². The van der Waals surface area contributed by atoms with E-state index in [9.17, 15) is 4.79 Å². The van der Waals surface area contributed by atoms with Gasteiger partial charge in [0.2, 0.25) is 0 Å². The van der Waals surface area contributed by atoms with Crippen molar-refractivity contribution < 1.29 is 9.90 Å². The average Bonchev–Trinajstić information content (AvgIpc) is 2.83. The highest BCUT2D eigenvalue weighted by atomic mass is 16.4. The summed E-state index contributed by atoms with van der Waals surface area (Å²) in [6, 6.07) is 5.50. The van der Waals surface area contributed by atoms with Gasteiger partial charge in [-0.15, -0.1) is 0 Å². The van der Waals surface area contributed by atoms with Gasteiger partial charge >= 0.3 is 5.97 Å². The third-order valence-corrected chi connectivity index (χ3v) is 2.57. The number of hydrogen-bond acceptors (Lipinski definition) is 3. The molecule has 0 aliphatic heterocycles. The van der Waals surface area contributed by atoms with Crippen LogP contribution in [-0.2, 0) is 4.79 Å². The van der Waals surface area contributed by atoms with Crippen molar-refractivity contribution in [3.05, 3.63) is 36.4 Å². The van der Waals surface area contributed by atoms with Gasteiger partial charge in [-0.2, -0.15) is 0 Å². The number of H-pyrrole nitrogens is 1. The first-order valence-corrected chi connectivity index (χ1v) is 5.42. The Bertz CT molecular complexity index is 508. The Labute approximate surface area is 98.6 Å². The number of hydrogen-bond donors (Lipinski definition) is 2. The normalized spacial score (nSPS) is 12.3. The molecule has 5 nitrogen and oxygen atoms in total. The lowest BCUT2D eigenvalue weighted by molar-refractivity contribution is -0.139. The summed E-state index contributed by atoms with van der Waals surface area (Å²) in [6.45, 7) is 1.81. The number of carbonyl (C=O) groups is 1. The van der Waals surface area contributed by atoms with Crippen molar-refractivity contribution in [3.8, 4) is 11.4 Å². The summed E-state index contributed by atoms with van der Waals surface area (Å²) in [6.07, 6.45) is 3.86. The van der Waals surface area contributed by atoms with E-state index in [1.165, 1.54) is 0 Å². The zero-order valence-electron chi connectivity index (χ0n) is 9.42. The van der Waals surface area contributed by atoms with Gasteiger partial charge in [-0.05, 0) is 24.6 Å². The third-order valence-electron chi connectivity index (χ3n) is 2.57. The van der Waals surface area contributed by atoms with E-state index in [0.717, 1.165) is 5.69 Å². The Morgan fingerprint density at radius 1 is 1.53 bits per heavy atom. The highest BCUT2D eigenvalue weighted by Crippen LogP contribution is 2.19. The number of aromatic nitrogens is 3. The number of nitrogens with zero attached hydrogens (tertiary/aromatic N) is 2. The highest BCUT2D eigenvalue weighted by Gasteiger charge is 2.20.